The van der Waals surface area contributed by atoms with Crippen LogP contribution < -0.4 is 10.1 Å². The van der Waals surface area contributed by atoms with E-state index in [1.165, 1.54) is 0 Å². The summed E-state index contributed by atoms with van der Waals surface area (Å²) in [6.45, 7) is 1.32. The Morgan fingerprint density at radius 1 is 1.11 bits per heavy atom. The number of pyridine rings is 1. The fourth-order valence-corrected chi connectivity index (χ4v) is 3.41. The zero-order chi connectivity index (χ0) is 18.5. The Hall–Kier alpha value is -2.92. The largest absolute Gasteiger partial charge is 0.483 e. The second kappa shape index (κ2) is 8.18. The van der Waals surface area contributed by atoms with Crippen molar-refractivity contribution in [1.29, 1.82) is 0 Å². The number of hydrogen-bond donors (Lipinski definition) is 1. The number of amides is 1. The van der Waals surface area contributed by atoms with Crippen LogP contribution in [0.15, 0.2) is 60.9 Å². The highest BCUT2D eigenvalue weighted by Gasteiger charge is 2.16. The number of carbonyl (C=O) groups excluding carboxylic acids is 1. The Morgan fingerprint density at radius 2 is 1.93 bits per heavy atom. The van der Waals surface area contributed by atoms with E-state index in [-0.39, 0.29) is 18.6 Å². The van der Waals surface area contributed by atoms with Crippen molar-refractivity contribution < 1.29 is 14.3 Å². The normalized spacial score (nSPS) is 16.4. The highest BCUT2D eigenvalue weighted by molar-refractivity contribution is 6.00. The fourth-order valence-electron chi connectivity index (χ4n) is 3.41. The van der Waals surface area contributed by atoms with E-state index < -0.39 is 0 Å². The molecule has 5 heteroatoms. The summed E-state index contributed by atoms with van der Waals surface area (Å²) in [4.78, 5) is 16.2. The van der Waals surface area contributed by atoms with Crippen molar-refractivity contribution in [2.24, 2.45) is 0 Å². The average Bonchev–Trinajstić information content (AvgIpc) is 3.25. The Morgan fingerprint density at radius 3 is 2.70 bits per heavy atom. The molecule has 5 nitrogen and oxygen atoms in total. The molecule has 0 spiro atoms. The molecule has 0 aliphatic carbocycles. The molecule has 2 heterocycles. The molecule has 27 heavy (non-hydrogen) atoms. The molecule has 1 fully saturated rings. The third-order valence-electron chi connectivity index (χ3n) is 4.79. The number of hydrogen-bond acceptors (Lipinski definition) is 4. The molecule has 1 aliphatic rings. The van der Waals surface area contributed by atoms with E-state index in [9.17, 15) is 4.79 Å². The Balaban J connectivity index is 1.48. The van der Waals surface area contributed by atoms with Crippen LogP contribution in [0.5, 0.6) is 5.75 Å². The highest BCUT2D eigenvalue weighted by atomic mass is 16.5. The number of ether oxygens (including phenoxy) is 2. The van der Waals surface area contributed by atoms with Gasteiger partial charge in [-0.15, -0.1) is 0 Å². The zero-order valence-corrected chi connectivity index (χ0v) is 15.1. The maximum atomic E-state index is 12.1. The molecule has 2 aromatic carbocycles. The summed E-state index contributed by atoms with van der Waals surface area (Å²) >= 11 is 0. The minimum Gasteiger partial charge on any atom is -0.483 e. The molecule has 1 amide bonds. The number of nitrogens with one attached hydrogen (secondary N) is 1. The van der Waals surface area contributed by atoms with Crippen molar-refractivity contribution >= 4 is 16.7 Å². The van der Waals surface area contributed by atoms with Crippen molar-refractivity contribution in [2.75, 3.05) is 19.8 Å². The van der Waals surface area contributed by atoms with Gasteiger partial charge in [-0.25, -0.2) is 0 Å². The lowest BCUT2D eigenvalue weighted by molar-refractivity contribution is -0.123. The predicted octanol–water partition coefficient (Wildman–Crippen LogP) is 3.58. The molecule has 1 aliphatic heterocycles. The first-order chi connectivity index (χ1) is 13.3. The first kappa shape index (κ1) is 17.5. The number of benzene rings is 2. The zero-order valence-electron chi connectivity index (χ0n) is 15.1. The molecule has 0 bridgehead atoms. The topological polar surface area (TPSA) is 60.5 Å². The van der Waals surface area contributed by atoms with E-state index in [0.29, 0.717) is 12.3 Å². The van der Waals surface area contributed by atoms with Crippen molar-refractivity contribution in [2.45, 2.75) is 18.9 Å². The predicted molar refractivity (Wildman–Crippen MR) is 105 cm³/mol. The van der Waals surface area contributed by atoms with Crippen LogP contribution in [0.25, 0.3) is 21.9 Å². The third-order valence-corrected chi connectivity index (χ3v) is 4.79. The van der Waals surface area contributed by atoms with Gasteiger partial charge < -0.3 is 14.8 Å². The van der Waals surface area contributed by atoms with Crippen molar-refractivity contribution in [1.82, 2.24) is 10.3 Å². The van der Waals surface area contributed by atoms with Crippen LogP contribution in [-0.2, 0) is 9.53 Å². The fraction of sp³-hybridized carbons (Fsp3) is 0.273. The molecule has 0 saturated carbocycles. The molecule has 1 saturated heterocycles. The van der Waals surface area contributed by atoms with Gasteiger partial charge in [0.2, 0.25) is 0 Å². The molecule has 138 valence electrons. The maximum Gasteiger partial charge on any atom is 0.258 e. The monoisotopic (exact) mass is 362 g/mol. The molecule has 1 N–H and O–H groups in total. The number of carbonyl (C=O) groups is 1. The number of aromatic nitrogens is 1. The summed E-state index contributed by atoms with van der Waals surface area (Å²) in [5.74, 6) is 0.573. The highest BCUT2D eigenvalue weighted by Crippen LogP contribution is 2.34. The van der Waals surface area contributed by atoms with Crippen LogP contribution in [-0.4, -0.2) is 36.8 Å². The van der Waals surface area contributed by atoms with Crippen LogP contribution >= 0.6 is 0 Å². The van der Waals surface area contributed by atoms with E-state index in [1.807, 2.05) is 42.5 Å². The second-order valence-electron chi connectivity index (χ2n) is 6.62. The Bertz CT molecular complexity index is 921. The molecule has 0 radical (unpaired) electrons. The van der Waals surface area contributed by atoms with Crippen LogP contribution in [0.2, 0.25) is 0 Å². The summed E-state index contributed by atoms with van der Waals surface area (Å²) < 4.78 is 11.3. The first-order valence-electron chi connectivity index (χ1n) is 9.24. The Kier molecular flexibility index (Phi) is 5.30. The maximum absolute atomic E-state index is 12.1. The van der Waals surface area contributed by atoms with Gasteiger partial charge in [-0.1, -0.05) is 30.3 Å². The summed E-state index contributed by atoms with van der Waals surface area (Å²) in [5.41, 5.74) is 2.21. The quantitative estimate of drug-likeness (QED) is 0.728. The molecular weight excluding hydrogens is 340 g/mol. The van der Waals surface area contributed by atoms with Gasteiger partial charge >= 0.3 is 0 Å². The summed E-state index contributed by atoms with van der Waals surface area (Å²) in [6, 6.07) is 16.0. The van der Waals surface area contributed by atoms with Crippen molar-refractivity contribution in [3.63, 3.8) is 0 Å². The Labute approximate surface area is 158 Å². The molecule has 1 aromatic heterocycles. The first-order valence-corrected chi connectivity index (χ1v) is 9.24. The lowest BCUT2D eigenvalue weighted by Gasteiger charge is -2.14. The van der Waals surface area contributed by atoms with Crippen molar-refractivity contribution in [3.05, 3.63) is 60.9 Å². The minimum atomic E-state index is -0.132. The standard InChI is InChI=1S/C22H22N2O3/c25-22(24-14-17-4-3-13-26-17)15-27-21-8-7-18(16-9-11-23-12-10-16)19-5-1-2-6-20(19)21/h1-2,5-12,17H,3-4,13-15H2,(H,24,25). The van der Waals surface area contributed by atoms with Crippen molar-refractivity contribution in [3.8, 4) is 16.9 Å². The van der Waals surface area contributed by atoms with Gasteiger partial charge in [-0.05, 0) is 47.6 Å². The van der Waals surface area contributed by atoms with Crippen LogP contribution in [0, 0.1) is 0 Å². The lowest BCUT2D eigenvalue weighted by atomic mass is 9.98. The summed E-state index contributed by atoms with van der Waals surface area (Å²) in [7, 11) is 0. The minimum absolute atomic E-state index is 0.00861. The SMILES string of the molecule is O=C(COc1ccc(-c2ccncc2)c2ccccc12)NCC1CCCO1. The van der Waals surface area contributed by atoms with Gasteiger partial charge in [0, 0.05) is 30.9 Å². The van der Waals surface area contributed by atoms with E-state index >= 15 is 0 Å². The van der Waals surface area contributed by atoms with Gasteiger partial charge in [0.15, 0.2) is 6.61 Å². The molecular formula is C22H22N2O3. The molecule has 1 unspecified atom stereocenters. The van der Waals surface area contributed by atoms with E-state index in [4.69, 9.17) is 9.47 Å². The van der Waals surface area contributed by atoms with Gasteiger partial charge in [-0.3, -0.25) is 9.78 Å². The van der Waals surface area contributed by atoms with E-state index in [0.717, 1.165) is 41.3 Å². The average molecular weight is 362 g/mol. The number of rotatable bonds is 6. The van der Waals surface area contributed by atoms with Gasteiger partial charge in [0.25, 0.3) is 5.91 Å². The van der Waals surface area contributed by atoms with Gasteiger partial charge in [0.1, 0.15) is 5.75 Å². The third kappa shape index (κ3) is 4.09. The second-order valence-corrected chi connectivity index (χ2v) is 6.62. The van der Waals surface area contributed by atoms with Crippen LogP contribution in [0.1, 0.15) is 12.8 Å². The molecule has 3 aromatic rings. The number of nitrogens with zero attached hydrogens (tertiary/aromatic N) is 1. The molecule has 1 atom stereocenters. The summed E-state index contributed by atoms with van der Waals surface area (Å²) in [5, 5.41) is 4.95. The van der Waals surface area contributed by atoms with Crippen LogP contribution in [0.3, 0.4) is 0 Å². The number of fused-ring (bicyclic) bond motifs is 1. The lowest BCUT2D eigenvalue weighted by Crippen LogP contribution is -2.35. The van der Waals surface area contributed by atoms with E-state index in [1.54, 1.807) is 12.4 Å². The van der Waals surface area contributed by atoms with Gasteiger partial charge in [0.05, 0.1) is 6.10 Å². The summed E-state index contributed by atoms with van der Waals surface area (Å²) in [6.07, 6.45) is 5.77. The molecule has 4 rings (SSSR count). The smallest absolute Gasteiger partial charge is 0.258 e. The van der Waals surface area contributed by atoms with Gasteiger partial charge in [-0.2, -0.15) is 0 Å². The van der Waals surface area contributed by atoms with E-state index in [2.05, 4.69) is 16.4 Å². The van der Waals surface area contributed by atoms with Crippen LogP contribution in [0.4, 0.5) is 0 Å².